The van der Waals surface area contributed by atoms with Crippen molar-refractivity contribution in [2.24, 2.45) is 5.92 Å². The third-order valence-electron chi connectivity index (χ3n) is 4.47. The van der Waals surface area contributed by atoms with Crippen LogP contribution in [0.1, 0.15) is 50.8 Å². The zero-order valence-electron chi connectivity index (χ0n) is 12.5. The van der Waals surface area contributed by atoms with Crippen molar-refractivity contribution in [1.29, 1.82) is 0 Å². The largest absolute Gasteiger partial charge is 0.372 e. The van der Waals surface area contributed by atoms with E-state index in [0.29, 0.717) is 6.04 Å². The maximum Gasteiger partial charge on any atom is 0.0952 e. The second kappa shape index (κ2) is 7.06. The summed E-state index contributed by atoms with van der Waals surface area (Å²) in [5.41, 5.74) is 2.83. The van der Waals surface area contributed by atoms with Gasteiger partial charge in [-0.1, -0.05) is 51.0 Å². The highest BCUT2D eigenvalue weighted by Crippen LogP contribution is 2.26. The zero-order valence-corrected chi connectivity index (χ0v) is 12.5. The van der Waals surface area contributed by atoms with E-state index in [1.165, 1.54) is 24.0 Å². The van der Waals surface area contributed by atoms with E-state index in [1.807, 2.05) is 0 Å². The first-order valence-corrected chi connectivity index (χ1v) is 7.69. The van der Waals surface area contributed by atoms with Gasteiger partial charge >= 0.3 is 0 Å². The van der Waals surface area contributed by atoms with Gasteiger partial charge in [-0.2, -0.15) is 0 Å². The molecule has 0 radical (unpaired) electrons. The summed E-state index contributed by atoms with van der Waals surface area (Å²) in [7, 11) is 0. The molecule has 2 nitrogen and oxygen atoms in total. The van der Waals surface area contributed by atoms with Crippen LogP contribution in [0, 0.1) is 5.92 Å². The predicted molar refractivity (Wildman–Crippen MR) is 80.4 cm³/mol. The summed E-state index contributed by atoms with van der Waals surface area (Å²) in [6.45, 7) is 8.63. The molecule has 0 spiro atoms. The zero-order chi connectivity index (χ0) is 13.7. The normalized spacial score (nSPS) is 20.3. The van der Waals surface area contributed by atoms with Gasteiger partial charge in [-0.05, 0) is 30.4 Å². The molecule has 0 fully saturated rings. The summed E-state index contributed by atoms with van der Waals surface area (Å²) in [5.74, 6) is 0.763. The molecule has 1 N–H and O–H groups in total. The lowest BCUT2D eigenvalue weighted by Crippen LogP contribution is -2.37. The number of rotatable bonds is 6. The molecule has 0 saturated carbocycles. The highest BCUT2D eigenvalue weighted by Gasteiger charge is 2.21. The fourth-order valence-corrected chi connectivity index (χ4v) is 3.10. The van der Waals surface area contributed by atoms with Crippen LogP contribution < -0.4 is 5.32 Å². The molecular formula is C17H27NO. The fourth-order valence-electron chi connectivity index (χ4n) is 3.10. The lowest BCUT2D eigenvalue weighted by Gasteiger charge is -2.29. The average Bonchev–Trinajstić information content (AvgIpc) is 2.46. The summed E-state index contributed by atoms with van der Waals surface area (Å²) < 4.78 is 5.94. The molecule has 1 aromatic rings. The third kappa shape index (κ3) is 3.58. The van der Waals surface area contributed by atoms with Crippen molar-refractivity contribution in [3.63, 3.8) is 0 Å². The molecule has 0 amide bonds. The first-order valence-electron chi connectivity index (χ1n) is 7.69. The standard InChI is InChI=1S/C17H27NO/c1-4-14(5-2)13(3)18-12-17-16-9-7-6-8-15(16)10-11-19-17/h6-9,13-14,17-18H,4-5,10-12H2,1-3H3. The van der Waals surface area contributed by atoms with Crippen molar-refractivity contribution in [3.8, 4) is 0 Å². The lowest BCUT2D eigenvalue weighted by atomic mass is 9.94. The SMILES string of the molecule is CCC(CC)C(C)NCC1OCCc2ccccc21. The van der Waals surface area contributed by atoms with Crippen molar-refractivity contribution < 1.29 is 4.74 Å². The van der Waals surface area contributed by atoms with Gasteiger partial charge in [0.1, 0.15) is 0 Å². The molecule has 0 saturated heterocycles. The maximum absolute atomic E-state index is 5.94. The van der Waals surface area contributed by atoms with Gasteiger partial charge in [0.05, 0.1) is 12.7 Å². The Labute approximate surface area is 117 Å². The first-order chi connectivity index (χ1) is 9.26. The van der Waals surface area contributed by atoms with Gasteiger partial charge in [0, 0.05) is 12.6 Å². The summed E-state index contributed by atoms with van der Waals surface area (Å²) in [4.78, 5) is 0. The molecule has 19 heavy (non-hydrogen) atoms. The first kappa shape index (κ1) is 14.5. The topological polar surface area (TPSA) is 21.3 Å². The Morgan fingerprint density at radius 1 is 1.26 bits per heavy atom. The van der Waals surface area contributed by atoms with Crippen LogP contribution in [0.25, 0.3) is 0 Å². The minimum Gasteiger partial charge on any atom is -0.372 e. The Hall–Kier alpha value is -0.860. The molecule has 1 heterocycles. The number of nitrogens with one attached hydrogen (secondary N) is 1. The van der Waals surface area contributed by atoms with Crippen molar-refractivity contribution in [1.82, 2.24) is 5.32 Å². The quantitative estimate of drug-likeness (QED) is 0.843. The maximum atomic E-state index is 5.94. The van der Waals surface area contributed by atoms with Crippen LogP contribution in [0.4, 0.5) is 0 Å². The number of benzene rings is 1. The van der Waals surface area contributed by atoms with E-state index in [0.717, 1.165) is 25.5 Å². The number of fused-ring (bicyclic) bond motifs is 1. The fraction of sp³-hybridized carbons (Fsp3) is 0.647. The van der Waals surface area contributed by atoms with Crippen LogP contribution in [-0.4, -0.2) is 19.2 Å². The summed E-state index contributed by atoms with van der Waals surface area (Å²) in [6.07, 6.45) is 3.76. The van der Waals surface area contributed by atoms with Gasteiger partial charge in [0.25, 0.3) is 0 Å². The molecule has 0 aliphatic carbocycles. The molecule has 0 bridgehead atoms. The Kier molecular flexibility index (Phi) is 5.41. The smallest absolute Gasteiger partial charge is 0.0952 e. The minimum absolute atomic E-state index is 0.224. The predicted octanol–water partition coefficient (Wildman–Crippen LogP) is 3.71. The van der Waals surface area contributed by atoms with E-state index in [4.69, 9.17) is 4.74 Å². The summed E-state index contributed by atoms with van der Waals surface area (Å²) in [5, 5.41) is 3.67. The van der Waals surface area contributed by atoms with E-state index in [9.17, 15) is 0 Å². The van der Waals surface area contributed by atoms with E-state index in [1.54, 1.807) is 0 Å². The number of hydrogen-bond acceptors (Lipinski definition) is 2. The van der Waals surface area contributed by atoms with Crippen LogP contribution in [-0.2, 0) is 11.2 Å². The van der Waals surface area contributed by atoms with Crippen molar-refractivity contribution in [2.75, 3.05) is 13.2 Å². The van der Waals surface area contributed by atoms with E-state index >= 15 is 0 Å². The second-order valence-electron chi connectivity index (χ2n) is 5.58. The van der Waals surface area contributed by atoms with Gasteiger partial charge in [0.15, 0.2) is 0 Å². The Balaban J connectivity index is 1.94. The molecular weight excluding hydrogens is 234 g/mol. The molecule has 2 rings (SSSR count). The molecule has 0 aromatic heterocycles. The van der Waals surface area contributed by atoms with Crippen LogP contribution in [0.15, 0.2) is 24.3 Å². The van der Waals surface area contributed by atoms with Crippen LogP contribution in [0.2, 0.25) is 0 Å². The van der Waals surface area contributed by atoms with E-state index in [-0.39, 0.29) is 6.10 Å². The van der Waals surface area contributed by atoms with Crippen LogP contribution >= 0.6 is 0 Å². The molecule has 2 atom stereocenters. The number of ether oxygens (including phenoxy) is 1. The van der Waals surface area contributed by atoms with Gasteiger partial charge in [-0.25, -0.2) is 0 Å². The highest BCUT2D eigenvalue weighted by molar-refractivity contribution is 5.31. The van der Waals surface area contributed by atoms with Gasteiger partial charge < -0.3 is 10.1 Å². The van der Waals surface area contributed by atoms with E-state index in [2.05, 4.69) is 50.4 Å². The third-order valence-corrected chi connectivity index (χ3v) is 4.47. The summed E-state index contributed by atoms with van der Waals surface area (Å²) in [6, 6.07) is 9.25. The number of hydrogen-bond donors (Lipinski definition) is 1. The van der Waals surface area contributed by atoms with Crippen molar-refractivity contribution in [3.05, 3.63) is 35.4 Å². The average molecular weight is 261 g/mol. The Morgan fingerprint density at radius 3 is 2.74 bits per heavy atom. The van der Waals surface area contributed by atoms with Crippen LogP contribution in [0.5, 0.6) is 0 Å². The molecule has 2 unspecified atom stereocenters. The van der Waals surface area contributed by atoms with Crippen molar-refractivity contribution >= 4 is 0 Å². The molecule has 1 aliphatic rings. The second-order valence-corrected chi connectivity index (χ2v) is 5.58. The molecule has 106 valence electrons. The minimum atomic E-state index is 0.224. The highest BCUT2D eigenvalue weighted by atomic mass is 16.5. The summed E-state index contributed by atoms with van der Waals surface area (Å²) >= 11 is 0. The Morgan fingerprint density at radius 2 is 2.00 bits per heavy atom. The van der Waals surface area contributed by atoms with Crippen LogP contribution in [0.3, 0.4) is 0 Å². The van der Waals surface area contributed by atoms with Gasteiger partial charge in [0.2, 0.25) is 0 Å². The monoisotopic (exact) mass is 261 g/mol. The van der Waals surface area contributed by atoms with Crippen molar-refractivity contribution in [2.45, 2.75) is 52.2 Å². The molecule has 2 heteroatoms. The van der Waals surface area contributed by atoms with E-state index < -0.39 is 0 Å². The van der Waals surface area contributed by atoms with Gasteiger partial charge in [-0.15, -0.1) is 0 Å². The molecule has 1 aromatic carbocycles. The lowest BCUT2D eigenvalue weighted by molar-refractivity contribution is 0.0395. The molecule has 1 aliphatic heterocycles. The van der Waals surface area contributed by atoms with Gasteiger partial charge in [-0.3, -0.25) is 0 Å². The Bertz CT molecular complexity index is 387.